The van der Waals surface area contributed by atoms with Crippen molar-refractivity contribution in [2.24, 2.45) is 5.92 Å². The molecule has 0 radical (unpaired) electrons. The summed E-state index contributed by atoms with van der Waals surface area (Å²) in [6.45, 7) is 11.0. The van der Waals surface area contributed by atoms with Crippen LogP contribution in [0, 0.1) is 5.92 Å². The fourth-order valence-corrected chi connectivity index (χ4v) is 2.55. The standard InChI is InChI=1S/C14H30N2/c1-4-6-7-10-16-11-8-14(9-12-16)13-15(3)5-2/h14H,4-13H2,1-3H3. The zero-order valence-electron chi connectivity index (χ0n) is 11.5. The van der Waals surface area contributed by atoms with Crippen molar-refractivity contribution in [1.82, 2.24) is 9.80 Å². The van der Waals surface area contributed by atoms with Crippen LogP contribution >= 0.6 is 0 Å². The second-order valence-electron chi connectivity index (χ2n) is 5.35. The molecule has 0 spiro atoms. The van der Waals surface area contributed by atoms with Gasteiger partial charge in [0.2, 0.25) is 0 Å². The summed E-state index contributed by atoms with van der Waals surface area (Å²) in [5, 5.41) is 0. The summed E-state index contributed by atoms with van der Waals surface area (Å²) >= 11 is 0. The van der Waals surface area contributed by atoms with E-state index in [1.54, 1.807) is 0 Å². The van der Waals surface area contributed by atoms with Gasteiger partial charge in [0.05, 0.1) is 0 Å². The highest BCUT2D eigenvalue weighted by Crippen LogP contribution is 2.18. The van der Waals surface area contributed by atoms with E-state index in [1.807, 2.05) is 0 Å². The molecule has 0 N–H and O–H groups in total. The lowest BCUT2D eigenvalue weighted by Gasteiger charge is -2.33. The second kappa shape index (κ2) is 8.08. The molecule has 2 heteroatoms. The number of piperidine rings is 1. The van der Waals surface area contributed by atoms with E-state index < -0.39 is 0 Å². The highest BCUT2D eigenvalue weighted by atomic mass is 15.1. The topological polar surface area (TPSA) is 6.48 Å². The molecule has 0 aliphatic carbocycles. The van der Waals surface area contributed by atoms with E-state index in [1.165, 1.54) is 64.8 Å². The van der Waals surface area contributed by atoms with Crippen LogP contribution in [-0.2, 0) is 0 Å². The molecule has 16 heavy (non-hydrogen) atoms. The molecule has 1 aliphatic heterocycles. The third-order valence-corrected chi connectivity index (χ3v) is 3.89. The van der Waals surface area contributed by atoms with Crippen molar-refractivity contribution >= 4 is 0 Å². The van der Waals surface area contributed by atoms with Crippen molar-refractivity contribution in [1.29, 1.82) is 0 Å². The summed E-state index contributed by atoms with van der Waals surface area (Å²) in [7, 11) is 2.24. The van der Waals surface area contributed by atoms with Crippen LogP contribution in [0.25, 0.3) is 0 Å². The van der Waals surface area contributed by atoms with Gasteiger partial charge in [-0.2, -0.15) is 0 Å². The smallest absolute Gasteiger partial charge is 0.000744 e. The van der Waals surface area contributed by atoms with Crippen LogP contribution in [0.3, 0.4) is 0 Å². The molecule has 1 fully saturated rings. The summed E-state index contributed by atoms with van der Waals surface area (Å²) in [4.78, 5) is 5.12. The predicted molar refractivity (Wildman–Crippen MR) is 71.9 cm³/mol. The third kappa shape index (κ3) is 5.31. The maximum Gasteiger partial charge on any atom is 0.000744 e. The largest absolute Gasteiger partial charge is 0.306 e. The SMILES string of the molecule is CCCCCN1CCC(CN(C)CC)CC1. The molecule has 0 aromatic carbocycles. The fourth-order valence-electron chi connectivity index (χ4n) is 2.55. The average Bonchev–Trinajstić information content (AvgIpc) is 2.31. The Labute approximate surface area is 102 Å². The Bertz CT molecular complexity index is 162. The van der Waals surface area contributed by atoms with Crippen LogP contribution in [0.4, 0.5) is 0 Å². The molecular formula is C14H30N2. The second-order valence-corrected chi connectivity index (χ2v) is 5.35. The molecule has 0 aromatic rings. The van der Waals surface area contributed by atoms with Crippen LogP contribution in [0.2, 0.25) is 0 Å². The lowest BCUT2D eigenvalue weighted by molar-refractivity contribution is 0.154. The maximum absolute atomic E-state index is 2.66. The first-order valence-electron chi connectivity index (χ1n) is 7.17. The van der Waals surface area contributed by atoms with Crippen molar-refractivity contribution in [3.63, 3.8) is 0 Å². The van der Waals surface area contributed by atoms with E-state index in [9.17, 15) is 0 Å². The molecule has 1 rings (SSSR count). The first-order valence-corrected chi connectivity index (χ1v) is 7.17. The number of hydrogen-bond acceptors (Lipinski definition) is 2. The fraction of sp³-hybridized carbons (Fsp3) is 1.00. The van der Waals surface area contributed by atoms with E-state index in [4.69, 9.17) is 0 Å². The van der Waals surface area contributed by atoms with Crippen molar-refractivity contribution in [2.75, 3.05) is 39.8 Å². The number of likely N-dealkylation sites (tertiary alicyclic amines) is 1. The van der Waals surface area contributed by atoms with E-state index >= 15 is 0 Å². The van der Waals surface area contributed by atoms with Crippen molar-refractivity contribution in [3.05, 3.63) is 0 Å². The Kier molecular flexibility index (Phi) is 7.06. The Hall–Kier alpha value is -0.0800. The van der Waals surface area contributed by atoms with Crippen LogP contribution < -0.4 is 0 Å². The van der Waals surface area contributed by atoms with Crippen molar-refractivity contribution in [3.8, 4) is 0 Å². The molecule has 96 valence electrons. The van der Waals surface area contributed by atoms with Gasteiger partial charge in [0.15, 0.2) is 0 Å². The number of hydrogen-bond donors (Lipinski definition) is 0. The number of unbranched alkanes of at least 4 members (excludes halogenated alkanes) is 2. The Morgan fingerprint density at radius 1 is 1.12 bits per heavy atom. The van der Waals surface area contributed by atoms with E-state index in [2.05, 4.69) is 30.7 Å². The Morgan fingerprint density at radius 3 is 2.38 bits per heavy atom. The van der Waals surface area contributed by atoms with E-state index in [0.717, 1.165) is 5.92 Å². The molecule has 1 aliphatic rings. The summed E-state index contributed by atoms with van der Waals surface area (Å²) in [6.07, 6.45) is 6.97. The molecular weight excluding hydrogens is 196 g/mol. The lowest BCUT2D eigenvalue weighted by Crippen LogP contribution is -2.38. The maximum atomic E-state index is 2.66. The van der Waals surface area contributed by atoms with Crippen LogP contribution in [0.1, 0.15) is 46.0 Å². The van der Waals surface area contributed by atoms with Gasteiger partial charge >= 0.3 is 0 Å². The van der Waals surface area contributed by atoms with Gasteiger partial charge in [-0.15, -0.1) is 0 Å². The van der Waals surface area contributed by atoms with Crippen molar-refractivity contribution in [2.45, 2.75) is 46.0 Å². The third-order valence-electron chi connectivity index (χ3n) is 3.89. The van der Waals surface area contributed by atoms with Gasteiger partial charge in [0.25, 0.3) is 0 Å². The summed E-state index contributed by atoms with van der Waals surface area (Å²) in [5.41, 5.74) is 0. The molecule has 0 bridgehead atoms. The zero-order chi connectivity index (χ0) is 11.8. The van der Waals surface area contributed by atoms with Gasteiger partial charge in [-0.05, 0) is 58.4 Å². The number of rotatable bonds is 7. The van der Waals surface area contributed by atoms with Gasteiger partial charge in [-0.25, -0.2) is 0 Å². The molecule has 0 unspecified atom stereocenters. The number of nitrogens with zero attached hydrogens (tertiary/aromatic N) is 2. The van der Waals surface area contributed by atoms with Gasteiger partial charge in [-0.1, -0.05) is 26.7 Å². The van der Waals surface area contributed by atoms with Crippen LogP contribution in [0.5, 0.6) is 0 Å². The van der Waals surface area contributed by atoms with Crippen LogP contribution in [-0.4, -0.2) is 49.6 Å². The Morgan fingerprint density at radius 2 is 1.81 bits per heavy atom. The minimum absolute atomic E-state index is 0.951. The van der Waals surface area contributed by atoms with Gasteiger partial charge in [0.1, 0.15) is 0 Å². The van der Waals surface area contributed by atoms with E-state index in [-0.39, 0.29) is 0 Å². The van der Waals surface area contributed by atoms with Crippen molar-refractivity contribution < 1.29 is 0 Å². The molecule has 0 saturated carbocycles. The van der Waals surface area contributed by atoms with Gasteiger partial charge in [0, 0.05) is 6.54 Å². The monoisotopic (exact) mass is 226 g/mol. The molecule has 0 amide bonds. The zero-order valence-corrected chi connectivity index (χ0v) is 11.5. The molecule has 0 atom stereocenters. The minimum atomic E-state index is 0.951. The molecule has 1 saturated heterocycles. The summed E-state index contributed by atoms with van der Waals surface area (Å²) < 4.78 is 0. The normalized spacial score (nSPS) is 19.5. The molecule has 2 nitrogen and oxygen atoms in total. The molecule has 1 heterocycles. The summed E-state index contributed by atoms with van der Waals surface area (Å²) in [5.74, 6) is 0.951. The highest BCUT2D eigenvalue weighted by Gasteiger charge is 2.19. The first-order chi connectivity index (χ1) is 7.76. The predicted octanol–water partition coefficient (Wildman–Crippen LogP) is 2.84. The average molecular weight is 226 g/mol. The highest BCUT2D eigenvalue weighted by molar-refractivity contribution is 4.74. The molecule has 0 aromatic heterocycles. The van der Waals surface area contributed by atoms with E-state index in [0.29, 0.717) is 0 Å². The summed E-state index contributed by atoms with van der Waals surface area (Å²) in [6, 6.07) is 0. The van der Waals surface area contributed by atoms with Gasteiger partial charge < -0.3 is 9.80 Å². The minimum Gasteiger partial charge on any atom is -0.306 e. The van der Waals surface area contributed by atoms with Crippen LogP contribution in [0.15, 0.2) is 0 Å². The van der Waals surface area contributed by atoms with Gasteiger partial charge in [-0.3, -0.25) is 0 Å². The lowest BCUT2D eigenvalue weighted by atomic mass is 9.96. The first kappa shape index (κ1) is 14.0. The Balaban J connectivity index is 2.08. The quantitative estimate of drug-likeness (QED) is 0.616.